The molecule has 4 atom stereocenters. The Bertz CT molecular complexity index is 1710. The number of anilines is 3. The molecule has 0 saturated carbocycles. The van der Waals surface area contributed by atoms with Crippen LogP contribution in [0.3, 0.4) is 0 Å². The molecule has 0 unspecified atom stereocenters. The molecule has 3 N–H and O–H groups in total. The molecule has 4 rings (SSSR count). The molecule has 0 aromatic heterocycles. The predicted octanol–water partition coefficient (Wildman–Crippen LogP) is 8.53. The van der Waals surface area contributed by atoms with Gasteiger partial charge >= 0.3 is 24.1 Å². The molecule has 0 aliphatic carbocycles. The first kappa shape index (κ1) is 44.2. The highest BCUT2D eigenvalue weighted by Crippen LogP contribution is 2.34. The minimum absolute atomic E-state index is 0.0914. The van der Waals surface area contributed by atoms with Crippen LogP contribution in [0.1, 0.15) is 107 Å². The SMILES string of the molecule is CC(C)(C)OC(=O)[C@H](Cc1cccc(Nc2ccc(C[C@@H](C(=O)OC(C)(C)C)[C@@H]3CCN(C(=O)OC(C)(C)C)C3)cc2N)c1)[C@@H]1CCN(C(=O)OC(C)(C)C)C1. The van der Waals surface area contributed by atoms with Crippen molar-refractivity contribution in [2.24, 2.45) is 23.7 Å². The Morgan fingerprint density at radius 2 is 1.07 bits per heavy atom. The zero-order valence-electron chi connectivity index (χ0n) is 35.7. The molecule has 0 radical (unpaired) electrons. The average molecular weight is 779 g/mol. The van der Waals surface area contributed by atoms with Crippen LogP contribution >= 0.6 is 0 Å². The molecule has 12 heteroatoms. The lowest BCUT2D eigenvalue weighted by molar-refractivity contribution is -0.163. The molecule has 2 saturated heterocycles. The van der Waals surface area contributed by atoms with E-state index in [0.717, 1.165) is 16.8 Å². The number of carbonyl (C=O) groups excluding carboxylic acids is 4. The number of nitrogens with one attached hydrogen (secondary N) is 1. The van der Waals surface area contributed by atoms with Gasteiger partial charge in [0.25, 0.3) is 0 Å². The van der Waals surface area contributed by atoms with Crippen molar-refractivity contribution in [3.63, 3.8) is 0 Å². The quantitative estimate of drug-likeness (QED) is 0.137. The fourth-order valence-corrected chi connectivity index (χ4v) is 7.15. The van der Waals surface area contributed by atoms with Gasteiger partial charge in [-0.3, -0.25) is 9.59 Å². The zero-order valence-corrected chi connectivity index (χ0v) is 35.7. The Morgan fingerprint density at radius 3 is 1.48 bits per heavy atom. The number of ether oxygens (including phenoxy) is 4. The minimum atomic E-state index is -0.662. The van der Waals surface area contributed by atoms with Crippen LogP contribution in [-0.2, 0) is 41.4 Å². The fraction of sp³-hybridized carbons (Fsp3) is 0.636. The topological polar surface area (TPSA) is 150 Å². The van der Waals surface area contributed by atoms with Gasteiger partial charge in [-0.2, -0.15) is 0 Å². The molecule has 2 heterocycles. The molecular formula is C44H66N4O8. The maximum absolute atomic E-state index is 13.6. The van der Waals surface area contributed by atoms with Crippen LogP contribution in [0.2, 0.25) is 0 Å². The van der Waals surface area contributed by atoms with E-state index >= 15 is 0 Å². The van der Waals surface area contributed by atoms with Crippen LogP contribution in [0.5, 0.6) is 0 Å². The van der Waals surface area contributed by atoms with E-state index in [-0.39, 0.29) is 36.0 Å². The van der Waals surface area contributed by atoms with Gasteiger partial charge in [0.05, 0.1) is 23.2 Å². The number of nitrogen functional groups attached to an aromatic ring is 1. The van der Waals surface area contributed by atoms with Crippen LogP contribution in [0.25, 0.3) is 0 Å². The monoisotopic (exact) mass is 778 g/mol. The number of esters is 2. The Morgan fingerprint density at radius 1 is 0.643 bits per heavy atom. The number of nitrogens with zero attached hydrogens (tertiary/aromatic N) is 2. The standard InChI is InChI=1S/C44H66N4O8/c1-41(2,3)53-37(49)33(30-18-20-47(26-30)39(51)55-43(7,8)9)23-28-14-13-15-32(22-28)46-36-17-16-29(25-35(36)45)24-34(38(50)54-42(4,5)6)31-19-21-48(27-31)40(52)56-44(10,11)12/h13-17,22,25,30-31,33-34,46H,18-21,23-24,26-27,45H2,1-12H3/t30-,31-,33-,34-/m1/s1. The Labute approximate surface area is 334 Å². The summed E-state index contributed by atoms with van der Waals surface area (Å²) in [5, 5.41) is 3.43. The van der Waals surface area contributed by atoms with Gasteiger partial charge in [-0.25, -0.2) is 9.59 Å². The van der Waals surface area contributed by atoms with Crippen LogP contribution in [0, 0.1) is 23.7 Å². The molecule has 0 spiro atoms. The first-order chi connectivity index (χ1) is 25.7. The first-order valence-electron chi connectivity index (χ1n) is 19.9. The molecule has 2 aliphatic heterocycles. The molecule has 12 nitrogen and oxygen atoms in total. The summed E-state index contributed by atoms with van der Waals surface area (Å²) in [4.78, 5) is 56.3. The Hall–Kier alpha value is -4.48. The Balaban J connectivity index is 1.49. The van der Waals surface area contributed by atoms with Crippen molar-refractivity contribution in [2.45, 2.75) is 131 Å². The maximum Gasteiger partial charge on any atom is 0.410 e. The smallest absolute Gasteiger partial charge is 0.410 e. The summed E-state index contributed by atoms with van der Waals surface area (Å²) in [6, 6.07) is 13.6. The van der Waals surface area contributed by atoms with Crippen molar-refractivity contribution in [3.05, 3.63) is 53.6 Å². The van der Waals surface area contributed by atoms with E-state index in [1.165, 1.54) is 0 Å². The lowest BCUT2D eigenvalue weighted by Crippen LogP contribution is -2.38. The maximum atomic E-state index is 13.6. The molecule has 2 aliphatic rings. The van der Waals surface area contributed by atoms with Gasteiger partial charge in [-0.1, -0.05) is 18.2 Å². The molecule has 0 bridgehead atoms. The number of rotatable bonds is 10. The molecular weight excluding hydrogens is 713 g/mol. The van der Waals surface area contributed by atoms with Crippen LogP contribution in [0.15, 0.2) is 42.5 Å². The highest BCUT2D eigenvalue weighted by molar-refractivity contribution is 5.77. The van der Waals surface area contributed by atoms with E-state index in [2.05, 4.69) is 5.32 Å². The molecule has 2 aromatic carbocycles. The highest BCUT2D eigenvalue weighted by atomic mass is 16.6. The molecule has 56 heavy (non-hydrogen) atoms. The third kappa shape index (κ3) is 13.6. The van der Waals surface area contributed by atoms with E-state index in [0.29, 0.717) is 63.2 Å². The summed E-state index contributed by atoms with van der Waals surface area (Å²) < 4.78 is 23.0. The summed E-state index contributed by atoms with van der Waals surface area (Å²) in [6.07, 6.45) is 1.41. The van der Waals surface area contributed by atoms with Crippen molar-refractivity contribution in [2.75, 3.05) is 37.2 Å². The van der Waals surface area contributed by atoms with Gasteiger partial charge in [-0.15, -0.1) is 0 Å². The van der Waals surface area contributed by atoms with Gasteiger partial charge in [0.2, 0.25) is 0 Å². The van der Waals surface area contributed by atoms with E-state index in [1.54, 1.807) is 9.80 Å². The zero-order chi connectivity index (χ0) is 41.8. The second-order valence-electron chi connectivity index (χ2n) is 19.4. The number of benzene rings is 2. The van der Waals surface area contributed by atoms with Crippen LogP contribution in [0.4, 0.5) is 26.7 Å². The van der Waals surface area contributed by atoms with E-state index in [1.807, 2.05) is 126 Å². The van der Waals surface area contributed by atoms with Crippen LogP contribution < -0.4 is 11.1 Å². The molecule has 310 valence electrons. The van der Waals surface area contributed by atoms with Gasteiger partial charge in [0.1, 0.15) is 22.4 Å². The van der Waals surface area contributed by atoms with Crippen molar-refractivity contribution >= 4 is 41.2 Å². The van der Waals surface area contributed by atoms with Crippen molar-refractivity contribution in [3.8, 4) is 0 Å². The average Bonchev–Trinajstić information content (AvgIpc) is 3.72. The predicted molar refractivity (Wildman–Crippen MR) is 218 cm³/mol. The van der Waals surface area contributed by atoms with Crippen LogP contribution in [-0.4, -0.2) is 82.5 Å². The minimum Gasteiger partial charge on any atom is -0.460 e. The highest BCUT2D eigenvalue weighted by Gasteiger charge is 2.40. The number of nitrogens with two attached hydrogens (primary N) is 1. The third-order valence-corrected chi connectivity index (χ3v) is 9.54. The lowest BCUT2D eigenvalue weighted by Gasteiger charge is -2.28. The van der Waals surface area contributed by atoms with Crippen molar-refractivity contribution < 1.29 is 38.1 Å². The van der Waals surface area contributed by atoms with Crippen molar-refractivity contribution in [1.29, 1.82) is 0 Å². The number of amides is 2. The normalized spacial score (nSPS) is 18.9. The largest absolute Gasteiger partial charge is 0.460 e. The second kappa shape index (κ2) is 17.3. The Kier molecular flexibility index (Phi) is 13.7. The number of carbonyl (C=O) groups is 4. The van der Waals surface area contributed by atoms with Crippen molar-refractivity contribution in [1.82, 2.24) is 9.80 Å². The second-order valence-corrected chi connectivity index (χ2v) is 19.4. The number of hydrogen-bond acceptors (Lipinski definition) is 10. The lowest BCUT2D eigenvalue weighted by atomic mass is 9.85. The van der Waals surface area contributed by atoms with E-state index in [4.69, 9.17) is 24.7 Å². The summed E-state index contributed by atoms with van der Waals surface area (Å²) in [5.74, 6) is -1.72. The van der Waals surface area contributed by atoms with Gasteiger partial charge < -0.3 is 39.8 Å². The number of likely N-dealkylation sites (tertiary alicyclic amines) is 2. The molecule has 2 fully saturated rings. The summed E-state index contributed by atoms with van der Waals surface area (Å²) in [7, 11) is 0. The van der Waals surface area contributed by atoms with E-state index in [9.17, 15) is 19.2 Å². The van der Waals surface area contributed by atoms with Gasteiger partial charge in [0, 0.05) is 31.9 Å². The molecule has 2 aromatic rings. The number of hydrogen-bond donors (Lipinski definition) is 2. The summed E-state index contributed by atoms with van der Waals surface area (Å²) in [6.45, 7) is 24.0. The van der Waals surface area contributed by atoms with Gasteiger partial charge in [-0.05, 0) is 156 Å². The third-order valence-electron chi connectivity index (χ3n) is 9.54. The molecule has 2 amide bonds. The summed E-state index contributed by atoms with van der Waals surface area (Å²) in [5.41, 5.74) is 7.91. The summed E-state index contributed by atoms with van der Waals surface area (Å²) >= 11 is 0. The van der Waals surface area contributed by atoms with Gasteiger partial charge in [0.15, 0.2) is 0 Å². The first-order valence-corrected chi connectivity index (χ1v) is 19.9. The fourth-order valence-electron chi connectivity index (χ4n) is 7.15. The van der Waals surface area contributed by atoms with E-state index < -0.39 is 34.2 Å².